The molecule has 1 heterocycles. The summed E-state index contributed by atoms with van der Waals surface area (Å²) in [5.74, 6) is 0. The van der Waals surface area contributed by atoms with Gasteiger partial charge in [0.1, 0.15) is 0 Å². The van der Waals surface area contributed by atoms with Crippen LogP contribution in [-0.2, 0) is 0 Å². The van der Waals surface area contributed by atoms with E-state index in [2.05, 4.69) is 16.6 Å². The molecule has 0 saturated heterocycles. The van der Waals surface area contributed by atoms with E-state index >= 15 is 0 Å². The molecule has 0 radical (unpaired) electrons. The Balaban J connectivity index is 0.000000291. The second-order valence-corrected chi connectivity index (χ2v) is 1.57. The van der Waals surface area contributed by atoms with Crippen LogP contribution in [0.3, 0.4) is 0 Å². The largest absolute Gasteiger partial charge is 0.306 e. The highest BCUT2D eigenvalue weighted by atomic mass is 15.3. The summed E-state index contributed by atoms with van der Waals surface area (Å²) in [6.07, 6.45) is 3.90. The van der Waals surface area contributed by atoms with E-state index in [1.165, 1.54) is 5.57 Å². The molecule has 0 aromatic heterocycles. The van der Waals surface area contributed by atoms with Crippen molar-refractivity contribution in [1.82, 2.24) is 5.43 Å². The van der Waals surface area contributed by atoms with Crippen LogP contribution in [0.25, 0.3) is 0 Å². The lowest BCUT2D eigenvalue weighted by atomic mass is 10.3. The van der Waals surface area contributed by atoms with Crippen LogP contribution in [0.4, 0.5) is 0 Å². The van der Waals surface area contributed by atoms with E-state index in [1.807, 2.05) is 27.0 Å². The maximum absolute atomic E-state index is 3.81. The standard InChI is InChI=1S/C5H8N2.C2H6/c1-5-2-3-6-7-4-5;1-2/h2,4,6H,3H2,1H3;1-2H3. The minimum atomic E-state index is 0.877. The van der Waals surface area contributed by atoms with Crippen LogP contribution in [0.1, 0.15) is 20.8 Å². The summed E-state index contributed by atoms with van der Waals surface area (Å²) in [5.41, 5.74) is 4.04. The van der Waals surface area contributed by atoms with Crippen LogP contribution in [0.2, 0.25) is 0 Å². The van der Waals surface area contributed by atoms with Gasteiger partial charge in [0.25, 0.3) is 0 Å². The van der Waals surface area contributed by atoms with Gasteiger partial charge >= 0.3 is 0 Å². The van der Waals surface area contributed by atoms with E-state index in [1.54, 1.807) is 0 Å². The molecule has 0 spiro atoms. The average Bonchev–Trinajstić information content (AvgIpc) is 1.94. The van der Waals surface area contributed by atoms with Crippen molar-refractivity contribution in [3.8, 4) is 0 Å². The van der Waals surface area contributed by atoms with E-state index in [9.17, 15) is 0 Å². The van der Waals surface area contributed by atoms with Gasteiger partial charge < -0.3 is 5.43 Å². The normalized spacial score (nSPS) is 14.8. The highest BCUT2D eigenvalue weighted by Gasteiger charge is 1.85. The minimum Gasteiger partial charge on any atom is -0.306 e. The Bertz CT molecular complexity index is 114. The van der Waals surface area contributed by atoms with E-state index < -0.39 is 0 Å². The van der Waals surface area contributed by atoms with Gasteiger partial charge in [0, 0.05) is 6.21 Å². The highest BCUT2D eigenvalue weighted by Crippen LogP contribution is 1.88. The molecule has 0 fully saturated rings. The van der Waals surface area contributed by atoms with Gasteiger partial charge in [-0.1, -0.05) is 19.9 Å². The SMILES string of the molecule is CC.CC1=CCNN=C1. The molecule has 9 heavy (non-hydrogen) atoms. The lowest BCUT2D eigenvalue weighted by molar-refractivity contribution is 0.817. The number of hydrogen-bond donors (Lipinski definition) is 1. The summed E-state index contributed by atoms with van der Waals surface area (Å²) >= 11 is 0. The molecule has 0 unspecified atom stereocenters. The topological polar surface area (TPSA) is 24.4 Å². The first kappa shape index (κ1) is 8.21. The molecule has 2 nitrogen and oxygen atoms in total. The van der Waals surface area contributed by atoms with Crippen molar-refractivity contribution >= 4 is 6.21 Å². The summed E-state index contributed by atoms with van der Waals surface area (Å²) in [6, 6.07) is 0. The smallest absolute Gasteiger partial charge is 0.0516 e. The summed E-state index contributed by atoms with van der Waals surface area (Å²) < 4.78 is 0. The highest BCUT2D eigenvalue weighted by molar-refractivity contribution is 5.78. The molecule has 0 aromatic carbocycles. The summed E-state index contributed by atoms with van der Waals surface area (Å²) in [6.45, 7) is 6.91. The van der Waals surface area contributed by atoms with Gasteiger partial charge in [0.15, 0.2) is 0 Å². The third-order valence-electron chi connectivity index (χ3n) is 0.875. The average molecular weight is 126 g/mol. The number of hydrazone groups is 1. The fourth-order valence-corrected chi connectivity index (χ4v) is 0.460. The van der Waals surface area contributed by atoms with Crippen molar-refractivity contribution in [2.45, 2.75) is 20.8 Å². The predicted molar refractivity (Wildman–Crippen MR) is 41.6 cm³/mol. The third kappa shape index (κ3) is 3.76. The first-order valence-corrected chi connectivity index (χ1v) is 3.32. The predicted octanol–water partition coefficient (Wildman–Crippen LogP) is 1.55. The Labute approximate surface area is 56.7 Å². The quantitative estimate of drug-likeness (QED) is 0.523. The molecular weight excluding hydrogens is 112 g/mol. The van der Waals surface area contributed by atoms with E-state index in [4.69, 9.17) is 0 Å². The van der Waals surface area contributed by atoms with Gasteiger partial charge in [-0.2, -0.15) is 5.10 Å². The molecule has 0 bridgehead atoms. The van der Waals surface area contributed by atoms with Crippen LogP contribution in [0.5, 0.6) is 0 Å². The molecular formula is C7H14N2. The molecule has 0 aromatic rings. The molecule has 2 heteroatoms. The lowest BCUT2D eigenvalue weighted by Gasteiger charge is -1.99. The van der Waals surface area contributed by atoms with E-state index in [0.29, 0.717) is 0 Å². The van der Waals surface area contributed by atoms with Gasteiger partial charge in [-0.15, -0.1) is 0 Å². The molecule has 1 N–H and O–H groups in total. The molecule has 1 aliphatic heterocycles. The zero-order chi connectivity index (χ0) is 7.11. The first-order chi connectivity index (χ1) is 4.39. The van der Waals surface area contributed by atoms with Crippen LogP contribution in [-0.4, -0.2) is 12.8 Å². The Kier molecular flexibility index (Phi) is 4.88. The zero-order valence-corrected chi connectivity index (χ0v) is 6.31. The van der Waals surface area contributed by atoms with Crippen LogP contribution >= 0.6 is 0 Å². The zero-order valence-electron chi connectivity index (χ0n) is 6.31. The monoisotopic (exact) mass is 126 g/mol. The van der Waals surface area contributed by atoms with Crippen molar-refractivity contribution in [3.05, 3.63) is 11.6 Å². The van der Waals surface area contributed by atoms with Crippen molar-refractivity contribution in [1.29, 1.82) is 0 Å². The summed E-state index contributed by atoms with van der Waals surface area (Å²) in [5, 5.41) is 3.81. The fourth-order valence-electron chi connectivity index (χ4n) is 0.460. The van der Waals surface area contributed by atoms with Crippen molar-refractivity contribution < 1.29 is 0 Å². The van der Waals surface area contributed by atoms with Gasteiger partial charge in [-0.25, -0.2) is 0 Å². The molecule has 1 aliphatic rings. The van der Waals surface area contributed by atoms with E-state index in [-0.39, 0.29) is 0 Å². The van der Waals surface area contributed by atoms with Gasteiger partial charge in [-0.05, 0) is 12.5 Å². The molecule has 0 amide bonds. The molecule has 1 rings (SSSR count). The Hall–Kier alpha value is -0.790. The number of rotatable bonds is 0. The summed E-state index contributed by atoms with van der Waals surface area (Å²) in [4.78, 5) is 0. The number of hydrogen-bond acceptors (Lipinski definition) is 2. The van der Waals surface area contributed by atoms with Gasteiger partial charge in [-0.3, -0.25) is 0 Å². The maximum Gasteiger partial charge on any atom is 0.0516 e. The molecule has 0 aliphatic carbocycles. The maximum atomic E-state index is 3.81. The van der Waals surface area contributed by atoms with E-state index in [0.717, 1.165) is 6.54 Å². The second kappa shape index (κ2) is 5.35. The molecule has 0 saturated carbocycles. The molecule has 52 valence electrons. The van der Waals surface area contributed by atoms with Crippen LogP contribution in [0, 0.1) is 0 Å². The van der Waals surface area contributed by atoms with Gasteiger partial charge in [0.2, 0.25) is 0 Å². The van der Waals surface area contributed by atoms with Crippen molar-refractivity contribution in [2.24, 2.45) is 5.10 Å². The minimum absolute atomic E-state index is 0.877. The second-order valence-electron chi connectivity index (χ2n) is 1.57. The van der Waals surface area contributed by atoms with Crippen LogP contribution < -0.4 is 5.43 Å². The van der Waals surface area contributed by atoms with Crippen molar-refractivity contribution in [3.63, 3.8) is 0 Å². The lowest BCUT2D eigenvalue weighted by Crippen LogP contribution is -2.09. The fraction of sp³-hybridized carbons (Fsp3) is 0.571. The number of allylic oxidation sites excluding steroid dienone is 1. The van der Waals surface area contributed by atoms with Crippen molar-refractivity contribution in [2.75, 3.05) is 6.54 Å². The van der Waals surface area contributed by atoms with Gasteiger partial charge in [0.05, 0.1) is 6.54 Å². The molecule has 0 atom stereocenters. The number of nitrogens with one attached hydrogen (secondary N) is 1. The Morgan fingerprint density at radius 2 is 2.22 bits per heavy atom. The van der Waals surface area contributed by atoms with Crippen LogP contribution in [0.15, 0.2) is 16.8 Å². The number of nitrogens with zero attached hydrogens (tertiary/aromatic N) is 1. The Morgan fingerprint density at radius 3 is 2.44 bits per heavy atom. The third-order valence-corrected chi connectivity index (χ3v) is 0.875. The first-order valence-electron chi connectivity index (χ1n) is 3.32. The summed E-state index contributed by atoms with van der Waals surface area (Å²) in [7, 11) is 0. The Morgan fingerprint density at radius 1 is 1.56 bits per heavy atom.